The summed E-state index contributed by atoms with van der Waals surface area (Å²) in [5.41, 5.74) is 4.04. The van der Waals surface area contributed by atoms with Crippen LogP contribution in [0.1, 0.15) is 16.2 Å². The number of ether oxygens (including phenoxy) is 1. The van der Waals surface area contributed by atoms with Gasteiger partial charge in [0.1, 0.15) is 5.52 Å². The Morgan fingerprint density at radius 3 is 2.96 bits per heavy atom. The van der Waals surface area contributed by atoms with E-state index in [1.807, 2.05) is 32.2 Å². The molecule has 0 aliphatic rings. The fraction of sp³-hybridized carbons (Fsp3) is 0.333. The van der Waals surface area contributed by atoms with Crippen LogP contribution in [-0.2, 0) is 18.3 Å². The van der Waals surface area contributed by atoms with Crippen LogP contribution in [0.25, 0.3) is 11.0 Å². The highest BCUT2D eigenvalue weighted by Gasteiger charge is 2.12. The van der Waals surface area contributed by atoms with Gasteiger partial charge in [0, 0.05) is 25.0 Å². The Morgan fingerprint density at radius 1 is 1.35 bits per heavy atom. The minimum Gasteiger partial charge on any atom is -0.464 e. The molecule has 1 aromatic carbocycles. The fourth-order valence-electron chi connectivity index (χ4n) is 2.40. The summed E-state index contributed by atoms with van der Waals surface area (Å²) in [6.45, 7) is 3.22. The van der Waals surface area contributed by atoms with Crippen LogP contribution < -0.4 is 5.32 Å². The number of benzene rings is 1. The van der Waals surface area contributed by atoms with E-state index in [4.69, 9.17) is 0 Å². The molecule has 0 bridgehead atoms. The van der Waals surface area contributed by atoms with Crippen molar-refractivity contribution in [2.45, 2.75) is 13.5 Å². The molecule has 0 aliphatic heterocycles. The lowest BCUT2D eigenvalue weighted by Gasteiger charge is -2.08. The van der Waals surface area contributed by atoms with Crippen molar-refractivity contribution >= 4 is 22.7 Å². The highest BCUT2D eigenvalue weighted by atomic mass is 16.5. The van der Waals surface area contributed by atoms with Gasteiger partial charge < -0.3 is 10.1 Å². The van der Waals surface area contributed by atoms with E-state index in [1.54, 1.807) is 15.4 Å². The van der Waals surface area contributed by atoms with Crippen molar-refractivity contribution in [1.29, 1.82) is 0 Å². The molecule has 23 heavy (non-hydrogen) atoms. The predicted octanol–water partition coefficient (Wildman–Crippen LogP) is 1.37. The number of aromatic nitrogens is 5. The van der Waals surface area contributed by atoms with Crippen LogP contribution in [0, 0.1) is 6.92 Å². The number of nitrogens with zero attached hydrogens (tertiary/aromatic N) is 5. The van der Waals surface area contributed by atoms with Gasteiger partial charge in [-0.2, -0.15) is 5.10 Å². The van der Waals surface area contributed by atoms with Gasteiger partial charge >= 0.3 is 5.97 Å². The number of fused-ring (bicyclic) bond motifs is 1. The number of esters is 1. The quantitative estimate of drug-likeness (QED) is 0.716. The molecule has 0 radical (unpaired) electrons. The lowest BCUT2D eigenvalue weighted by molar-refractivity contribution is 0.0593. The third-order valence-corrected chi connectivity index (χ3v) is 3.64. The number of rotatable bonds is 5. The zero-order valence-corrected chi connectivity index (χ0v) is 13.3. The molecule has 8 heteroatoms. The summed E-state index contributed by atoms with van der Waals surface area (Å²) < 4.78 is 8.19. The van der Waals surface area contributed by atoms with E-state index in [0.29, 0.717) is 18.8 Å². The van der Waals surface area contributed by atoms with Crippen molar-refractivity contribution in [3.8, 4) is 0 Å². The third kappa shape index (κ3) is 3.01. The first-order valence-electron chi connectivity index (χ1n) is 7.24. The van der Waals surface area contributed by atoms with E-state index < -0.39 is 5.97 Å². The lowest BCUT2D eigenvalue weighted by Crippen LogP contribution is -2.13. The van der Waals surface area contributed by atoms with Crippen LogP contribution >= 0.6 is 0 Å². The maximum absolute atomic E-state index is 11.5. The topological polar surface area (TPSA) is 86.9 Å². The van der Waals surface area contributed by atoms with Gasteiger partial charge in [-0.05, 0) is 31.2 Å². The lowest BCUT2D eigenvalue weighted by atomic mass is 10.2. The highest BCUT2D eigenvalue weighted by Crippen LogP contribution is 2.16. The van der Waals surface area contributed by atoms with E-state index in [9.17, 15) is 4.79 Å². The SMILES string of the molecule is COC(=O)c1cc(C)n(CCNc2ccc3c(c2)nnn3C)n1. The molecule has 1 N–H and O–H groups in total. The van der Waals surface area contributed by atoms with Gasteiger partial charge in [-0.15, -0.1) is 5.10 Å². The van der Waals surface area contributed by atoms with Gasteiger partial charge in [0.2, 0.25) is 0 Å². The second-order valence-electron chi connectivity index (χ2n) is 5.23. The van der Waals surface area contributed by atoms with Crippen molar-refractivity contribution in [1.82, 2.24) is 24.8 Å². The zero-order valence-electron chi connectivity index (χ0n) is 13.3. The molecule has 0 saturated heterocycles. The third-order valence-electron chi connectivity index (χ3n) is 3.64. The number of carbonyl (C=O) groups is 1. The van der Waals surface area contributed by atoms with Gasteiger partial charge in [0.15, 0.2) is 5.69 Å². The number of aryl methyl sites for hydroxylation is 2. The summed E-state index contributed by atoms with van der Waals surface area (Å²) in [6, 6.07) is 7.64. The van der Waals surface area contributed by atoms with Crippen molar-refractivity contribution in [3.63, 3.8) is 0 Å². The smallest absolute Gasteiger partial charge is 0.358 e. The first-order valence-corrected chi connectivity index (χ1v) is 7.24. The van der Waals surface area contributed by atoms with Crippen LogP contribution in [0.5, 0.6) is 0 Å². The standard InChI is InChI=1S/C15H18N6O2/c1-10-8-13(15(22)23-3)18-21(10)7-6-16-11-4-5-14-12(9-11)17-19-20(14)2/h4-5,8-9,16H,6-7H2,1-3H3. The maximum Gasteiger partial charge on any atom is 0.358 e. The summed E-state index contributed by atoms with van der Waals surface area (Å²) in [5, 5.41) is 15.6. The van der Waals surface area contributed by atoms with Crippen molar-refractivity contribution in [2.75, 3.05) is 19.0 Å². The molecule has 2 aromatic heterocycles. The Morgan fingerprint density at radius 2 is 2.17 bits per heavy atom. The molecule has 0 unspecified atom stereocenters. The second-order valence-corrected chi connectivity index (χ2v) is 5.23. The maximum atomic E-state index is 11.5. The normalized spacial score (nSPS) is 10.9. The molecule has 2 heterocycles. The minimum atomic E-state index is -0.423. The van der Waals surface area contributed by atoms with E-state index in [2.05, 4.69) is 25.5 Å². The molecule has 0 fully saturated rings. The first kappa shape index (κ1) is 15.0. The van der Waals surface area contributed by atoms with Crippen molar-refractivity contribution in [2.24, 2.45) is 7.05 Å². The van der Waals surface area contributed by atoms with Gasteiger partial charge in [-0.3, -0.25) is 4.68 Å². The molecule has 0 amide bonds. The van der Waals surface area contributed by atoms with E-state index in [0.717, 1.165) is 22.4 Å². The van der Waals surface area contributed by atoms with Gasteiger partial charge in [0.25, 0.3) is 0 Å². The van der Waals surface area contributed by atoms with Crippen LogP contribution in [0.4, 0.5) is 5.69 Å². The van der Waals surface area contributed by atoms with Crippen LogP contribution in [0.15, 0.2) is 24.3 Å². The average Bonchev–Trinajstić information content (AvgIpc) is 3.10. The summed E-state index contributed by atoms with van der Waals surface area (Å²) in [6.07, 6.45) is 0. The van der Waals surface area contributed by atoms with Crippen LogP contribution in [0.3, 0.4) is 0 Å². The fourth-order valence-corrected chi connectivity index (χ4v) is 2.40. The summed E-state index contributed by atoms with van der Waals surface area (Å²) in [7, 11) is 3.21. The zero-order chi connectivity index (χ0) is 16.4. The Balaban J connectivity index is 1.64. The molecule has 0 atom stereocenters. The van der Waals surface area contributed by atoms with Crippen molar-refractivity contribution < 1.29 is 9.53 Å². The average molecular weight is 314 g/mol. The molecule has 120 valence electrons. The van der Waals surface area contributed by atoms with Gasteiger partial charge in [0.05, 0.1) is 19.2 Å². The largest absolute Gasteiger partial charge is 0.464 e. The summed E-state index contributed by atoms with van der Waals surface area (Å²) in [5.74, 6) is -0.423. The predicted molar refractivity (Wildman–Crippen MR) is 85.3 cm³/mol. The molecular weight excluding hydrogens is 296 g/mol. The summed E-state index contributed by atoms with van der Waals surface area (Å²) >= 11 is 0. The Bertz CT molecular complexity index is 851. The van der Waals surface area contributed by atoms with E-state index >= 15 is 0 Å². The first-order chi connectivity index (χ1) is 11.1. The Hall–Kier alpha value is -2.90. The second kappa shape index (κ2) is 6.07. The molecule has 0 saturated carbocycles. The van der Waals surface area contributed by atoms with E-state index in [1.165, 1.54) is 7.11 Å². The number of anilines is 1. The molecular formula is C15H18N6O2. The van der Waals surface area contributed by atoms with Crippen LogP contribution in [0.2, 0.25) is 0 Å². The molecule has 3 rings (SSSR count). The van der Waals surface area contributed by atoms with E-state index in [-0.39, 0.29) is 0 Å². The number of hydrogen-bond acceptors (Lipinski definition) is 6. The van der Waals surface area contributed by atoms with Gasteiger partial charge in [-0.1, -0.05) is 5.21 Å². The number of nitrogens with one attached hydrogen (secondary N) is 1. The molecule has 0 spiro atoms. The van der Waals surface area contributed by atoms with Crippen LogP contribution in [-0.4, -0.2) is 44.4 Å². The minimum absolute atomic E-state index is 0.325. The number of methoxy groups -OCH3 is 1. The molecule has 0 aliphatic carbocycles. The van der Waals surface area contributed by atoms with Gasteiger partial charge in [-0.25, -0.2) is 9.48 Å². The highest BCUT2D eigenvalue weighted by molar-refractivity contribution is 5.87. The Labute approximate surface area is 133 Å². The number of hydrogen-bond donors (Lipinski definition) is 1. The Kier molecular flexibility index (Phi) is 3.96. The molecule has 3 aromatic rings. The summed E-state index contributed by atoms with van der Waals surface area (Å²) in [4.78, 5) is 11.5. The monoisotopic (exact) mass is 314 g/mol. The van der Waals surface area contributed by atoms with Crippen molar-refractivity contribution in [3.05, 3.63) is 35.7 Å². The number of carbonyl (C=O) groups excluding carboxylic acids is 1. The molecule has 8 nitrogen and oxygen atoms in total.